The van der Waals surface area contributed by atoms with Gasteiger partial charge in [-0.1, -0.05) is 13.0 Å². The van der Waals surface area contributed by atoms with E-state index in [2.05, 4.69) is 15.3 Å². The van der Waals surface area contributed by atoms with Crippen LogP contribution in [-0.2, 0) is 32.5 Å². The fourth-order valence-corrected chi connectivity index (χ4v) is 7.82. The molecule has 17 heteroatoms. The number of hydrogen-bond donors (Lipinski definition) is 2. The first kappa shape index (κ1) is 33.4. The zero-order valence-electron chi connectivity index (χ0n) is 27.5. The number of carbonyl (C=O) groups is 2. The van der Waals surface area contributed by atoms with E-state index in [1.165, 1.54) is 17.9 Å². The fourth-order valence-electron chi connectivity index (χ4n) is 7.10. The summed E-state index contributed by atoms with van der Waals surface area (Å²) >= 11 is 0. The highest BCUT2D eigenvalue weighted by Gasteiger charge is 2.44. The minimum Gasteiger partial charge on any atom is -0.465 e. The normalized spacial score (nSPS) is 18.8. The summed E-state index contributed by atoms with van der Waals surface area (Å²) in [4.78, 5) is 36.4. The maximum Gasteiger partial charge on any atom is 0.414 e. The molecular formula is C33H32F2N6O8S. The third-order valence-electron chi connectivity index (χ3n) is 9.20. The summed E-state index contributed by atoms with van der Waals surface area (Å²) in [5.41, 5.74) is -1.22. The largest absolute Gasteiger partial charge is 0.465 e. The van der Waals surface area contributed by atoms with E-state index >= 15 is 8.78 Å². The van der Waals surface area contributed by atoms with Gasteiger partial charge < -0.3 is 28.8 Å². The number of nitriles is 1. The lowest BCUT2D eigenvalue weighted by Gasteiger charge is -2.41. The number of hydrogen-bond acceptors (Lipinski definition) is 11. The summed E-state index contributed by atoms with van der Waals surface area (Å²) < 4.78 is 75.9. The lowest BCUT2D eigenvalue weighted by Crippen LogP contribution is -2.55. The Morgan fingerprint density at radius 2 is 1.80 bits per heavy atom. The van der Waals surface area contributed by atoms with Gasteiger partial charge in [-0.3, -0.25) is 5.32 Å². The van der Waals surface area contributed by atoms with Crippen LogP contribution in [0.2, 0.25) is 0 Å². The van der Waals surface area contributed by atoms with Gasteiger partial charge in [0.2, 0.25) is 20.9 Å². The summed E-state index contributed by atoms with van der Waals surface area (Å²) in [5, 5.41) is 21.7. The molecule has 2 atom stereocenters. The van der Waals surface area contributed by atoms with Gasteiger partial charge in [-0.2, -0.15) is 5.26 Å². The van der Waals surface area contributed by atoms with Gasteiger partial charge in [0.05, 0.1) is 29.7 Å². The zero-order chi connectivity index (χ0) is 35.9. The van der Waals surface area contributed by atoms with E-state index < -0.39 is 55.9 Å². The molecule has 5 heterocycles. The van der Waals surface area contributed by atoms with Gasteiger partial charge in [-0.05, 0) is 56.4 Å². The SMILES string of the molecule is CCS(=O)(=O)c1nc(N2C3CCC2CN(C(=O)O)C3)c2c3c(c(-c4ccc(F)c5oc(NC(=O)OC(C)(C)C)c(C#N)c45)c(F)c2n1)COC3. The van der Waals surface area contributed by atoms with Crippen molar-refractivity contribution in [3.05, 3.63) is 40.5 Å². The number of aromatic nitrogens is 2. The molecule has 2 saturated heterocycles. The molecule has 2 aromatic carbocycles. The molecule has 50 heavy (non-hydrogen) atoms. The van der Waals surface area contributed by atoms with Crippen molar-refractivity contribution in [2.45, 2.75) is 76.6 Å². The minimum atomic E-state index is -4.08. The molecule has 2 fully saturated rings. The number of benzene rings is 2. The smallest absolute Gasteiger partial charge is 0.414 e. The summed E-state index contributed by atoms with van der Waals surface area (Å²) in [6.07, 6.45) is -0.813. The van der Waals surface area contributed by atoms with Gasteiger partial charge >= 0.3 is 12.2 Å². The third-order valence-corrected chi connectivity index (χ3v) is 10.7. The second kappa shape index (κ2) is 11.8. The van der Waals surface area contributed by atoms with Crippen LogP contribution in [0.25, 0.3) is 33.0 Å². The molecule has 4 aromatic rings. The first-order valence-corrected chi connectivity index (χ1v) is 17.6. The Kier molecular flexibility index (Phi) is 7.86. The number of piperazine rings is 1. The molecule has 0 saturated carbocycles. The van der Waals surface area contributed by atoms with Crippen LogP contribution in [0.1, 0.15) is 57.2 Å². The average Bonchev–Trinajstić information content (AvgIpc) is 3.74. The maximum absolute atomic E-state index is 17.3. The quantitative estimate of drug-likeness (QED) is 0.241. The highest BCUT2D eigenvalue weighted by molar-refractivity contribution is 7.91. The Balaban J connectivity index is 1.49. The summed E-state index contributed by atoms with van der Waals surface area (Å²) in [6.45, 7) is 6.49. The molecular weight excluding hydrogens is 678 g/mol. The second-order valence-electron chi connectivity index (χ2n) is 13.4. The van der Waals surface area contributed by atoms with Gasteiger partial charge in [0.1, 0.15) is 28.6 Å². The molecule has 7 rings (SSSR count). The molecule has 0 radical (unpaired) electrons. The van der Waals surface area contributed by atoms with E-state index in [9.17, 15) is 28.4 Å². The zero-order valence-corrected chi connectivity index (χ0v) is 28.3. The topological polar surface area (TPSA) is 188 Å². The molecule has 0 spiro atoms. The lowest BCUT2D eigenvalue weighted by molar-refractivity contribution is 0.0632. The molecule has 2 N–H and O–H groups in total. The molecule has 3 aliphatic rings. The maximum atomic E-state index is 17.3. The monoisotopic (exact) mass is 710 g/mol. The van der Waals surface area contributed by atoms with E-state index in [0.717, 1.165) is 6.07 Å². The lowest BCUT2D eigenvalue weighted by atomic mass is 9.90. The van der Waals surface area contributed by atoms with Gasteiger partial charge in [0.15, 0.2) is 17.2 Å². The van der Waals surface area contributed by atoms with Crippen LogP contribution >= 0.6 is 0 Å². The van der Waals surface area contributed by atoms with Crippen molar-refractivity contribution >= 4 is 55.6 Å². The van der Waals surface area contributed by atoms with E-state index in [-0.39, 0.29) is 82.9 Å². The molecule has 262 valence electrons. The number of carboxylic acid groups (broad SMARTS) is 1. The number of halogens is 2. The van der Waals surface area contributed by atoms with Crippen LogP contribution in [0.4, 0.5) is 30.1 Å². The van der Waals surface area contributed by atoms with Gasteiger partial charge in [-0.25, -0.2) is 36.8 Å². The Bertz CT molecular complexity index is 2270. The van der Waals surface area contributed by atoms with Gasteiger partial charge in [-0.15, -0.1) is 0 Å². The van der Waals surface area contributed by atoms with Crippen LogP contribution in [0.3, 0.4) is 0 Å². The van der Waals surface area contributed by atoms with Crippen LogP contribution < -0.4 is 10.2 Å². The Hall–Kier alpha value is -5.08. The van der Waals surface area contributed by atoms with E-state index in [1.54, 1.807) is 20.8 Å². The molecule has 0 aliphatic carbocycles. The van der Waals surface area contributed by atoms with Crippen molar-refractivity contribution in [2.24, 2.45) is 0 Å². The standard InChI is InChI=1S/C33H32F2N6O8S/c1-5-50(45,46)30-37-26-24(28(38-30)41-15-6-7-16(41)12-40(11-15)32(43)44)20-14-47-13-19(20)22(25(26)35)17-8-9-21(34)27-23(17)18(10-36)29(48-27)39-31(42)49-33(2,3)4/h8-9,15-16H,5-7,11-14H2,1-4H3,(H,39,42)(H,43,44). The number of nitrogens with one attached hydrogen (secondary N) is 1. The van der Waals surface area contributed by atoms with Crippen molar-refractivity contribution in [1.29, 1.82) is 5.26 Å². The van der Waals surface area contributed by atoms with Crippen molar-refractivity contribution < 1.29 is 45.8 Å². The summed E-state index contributed by atoms with van der Waals surface area (Å²) in [6, 6.07) is 3.52. The predicted molar refractivity (Wildman–Crippen MR) is 174 cm³/mol. The average molecular weight is 711 g/mol. The molecule has 3 aliphatic heterocycles. The highest BCUT2D eigenvalue weighted by Crippen LogP contribution is 2.48. The molecule has 2 bridgehead atoms. The van der Waals surface area contributed by atoms with Gasteiger partial charge in [0.25, 0.3) is 0 Å². The number of sulfone groups is 1. The Morgan fingerprint density at radius 3 is 2.42 bits per heavy atom. The first-order chi connectivity index (χ1) is 23.6. The first-order valence-electron chi connectivity index (χ1n) is 15.9. The predicted octanol–water partition coefficient (Wildman–Crippen LogP) is 5.69. The van der Waals surface area contributed by atoms with Crippen LogP contribution in [-0.4, -0.2) is 77.1 Å². The number of likely N-dealkylation sites (tertiary alicyclic amines) is 1. The number of nitrogens with zero attached hydrogens (tertiary/aromatic N) is 5. The summed E-state index contributed by atoms with van der Waals surface area (Å²) in [7, 11) is -4.08. The highest BCUT2D eigenvalue weighted by atomic mass is 32.2. The number of furan rings is 1. The number of amides is 2. The number of fused-ring (bicyclic) bond motifs is 6. The Morgan fingerprint density at radius 1 is 1.12 bits per heavy atom. The Labute approximate surface area is 284 Å². The van der Waals surface area contributed by atoms with Crippen molar-refractivity contribution in [3.63, 3.8) is 0 Å². The van der Waals surface area contributed by atoms with E-state index in [4.69, 9.17) is 13.9 Å². The molecule has 2 aromatic heterocycles. The fraction of sp³-hybridized carbons (Fsp3) is 0.424. The van der Waals surface area contributed by atoms with E-state index in [1.807, 2.05) is 11.0 Å². The molecule has 2 unspecified atom stereocenters. The van der Waals surface area contributed by atoms with Crippen molar-refractivity contribution in [1.82, 2.24) is 14.9 Å². The van der Waals surface area contributed by atoms with Gasteiger partial charge in [0, 0.05) is 30.7 Å². The molecule has 14 nitrogen and oxygen atoms in total. The van der Waals surface area contributed by atoms with Crippen molar-refractivity contribution in [3.8, 4) is 17.2 Å². The van der Waals surface area contributed by atoms with Crippen molar-refractivity contribution in [2.75, 3.05) is 29.1 Å². The third kappa shape index (κ3) is 5.33. The van der Waals surface area contributed by atoms with E-state index in [0.29, 0.717) is 24.0 Å². The molecule has 2 amide bonds. The second-order valence-corrected chi connectivity index (χ2v) is 15.6. The number of carbonyl (C=O) groups excluding carboxylic acids is 1. The summed E-state index contributed by atoms with van der Waals surface area (Å²) in [5.74, 6) is -2.46. The van der Waals surface area contributed by atoms with Crippen LogP contribution in [0, 0.1) is 23.0 Å². The van der Waals surface area contributed by atoms with Crippen LogP contribution in [0.15, 0.2) is 21.7 Å². The number of anilines is 2. The number of ether oxygens (including phenoxy) is 2. The number of rotatable bonds is 5. The minimum absolute atomic E-state index is 0.0218. The van der Waals surface area contributed by atoms with Crippen LogP contribution in [0.5, 0.6) is 0 Å².